The summed E-state index contributed by atoms with van der Waals surface area (Å²) < 4.78 is 3.15. The van der Waals surface area contributed by atoms with Crippen LogP contribution in [0.1, 0.15) is 23.7 Å². The molecule has 4 rings (SSSR count). The molecule has 0 aliphatic heterocycles. The number of pyridine rings is 1. The van der Waals surface area contributed by atoms with Crippen molar-refractivity contribution in [3.63, 3.8) is 0 Å². The van der Waals surface area contributed by atoms with E-state index in [2.05, 4.69) is 26.6 Å². The maximum absolute atomic E-state index is 12.0. The zero-order chi connectivity index (χ0) is 17.8. The third-order valence-electron chi connectivity index (χ3n) is 4.19. The molecule has 7 heteroatoms. The van der Waals surface area contributed by atoms with Crippen LogP contribution in [0.15, 0.2) is 48.7 Å². The van der Waals surface area contributed by atoms with E-state index in [0.717, 1.165) is 34.8 Å². The molecule has 3 aromatic heterocycles. The number of carbonyl (C=O) groups is 1. The summed E-state index contributed by atoms with van der Waals surface area (Å²) in [6.07, 6.45) is 4.75. The van der Waals surface area contributed by atoms with Gasteiger partial charge in [-0.25, -0.2) is 4.98 Å². The number of thiazole rings is 1. The average molecular weight is 365 g/mol. The number of hydrogen-bond donors (Lipinski definition) is 1. The monoisotopic (exact) mass is 365 g/mol. The molecule has 26 heavy (non-hydrogen) atoms. The number of para-hydroxylation sites is 1. The molecule has 0 unspecified atom stereocenters. The molecule has 0 aliphatic rings. The molecule has 0 bridgehead atoms. The van der Waals surface area contributed by atoms with Gasteiger partial charge in [0.05, 0.1) is 15.2 Å². The van der Waals surface area contributed by atoms with Gasteiger partial charge in [0.1, 0.15) is 5.82 Å². The van der Waals surface area contributed by atoms with Crippen LogP contribution in [0.25, 0.3) is 15.9 Å². The second-order valence-electron chi connectivity index (χ2n) is 6.07. The number of aromatic nitrogens is 4. The van der Waals surface area contributed by atoms with Crippen molar-refractivity contribution in [1.29, 1.82) is 0 Å². The number of amides is 1. The number of nitrogens with one attached hydrogen (secondary N) is 1. The quantitative estimate of drug-likeness (QED) is 0.546. The van der Waals surface area contributed by atoms with Crippen LogP contribution in [-0.2, 0) is 17.6 Å². The summed E-state index contributed by atoms with van der Waals surface area (Å²) in [5.74, 6) is 0.926. The van der Waals surface area contributed by atoms with Gasteiger partial charge in [-0.15, -0.1) is 21.5 Å². The summed E-state index contributed by atoms with van der Waals surface area (Å²) in [6, 6.07) is 13.9. The van der Waals surface area contributed by atoms with E-state index in [1.54, 1.807) is 11.3 Å². The van der Waals surface area contributed by atoms with Crippen molar-refractivity contribution in [1.82, 2.24) is 24.9 Å². The van der Waals surface area contributed by atoms with Crippen molar-refractivity contribution in [3.8, 4) is 0 Å². The van der Waals surface area contributed by atoms with Gasteiger partial charge in [0.15, 0.2) is 5.65 Å². The molecule has 0 aliphatic carbocycles. The lowest BCUT2D eigenvalue weighted by Crippen LogP contribution is -2.26. The molecule has 1 amide bonds. The Hall–Kier alpha value is -2.80. The minimum Gasteiger partial charge on any atom is -0.356 e. The number of benzene rings is 1. The predicted octanol–water partition coefficient (Wildman–Crippen LogP) is 3.02. The number of fused-ring (bicyclic) bond motifs is 2. The molecular weight excluding hydrogens is 346 g/mol. The summed E-state index contributed by atoms with van der Waals surface area (Å²) in [5, 5.41) is 12.3. The van der Waals surface area contributed by atoms with Gasteiger partial charge in [-0.2, -0.15) is 0 Å². The predicted molar refractivity (Wildman–Crippen MR) is 102 cm³/mol. The van der Waals surface area contributed by atoms with Gasteiger partial charge in [0, 0.05) is 25.6 Å². The second-order valence-corrected chi connectivity index (χ2v) is 7.19. The van der Waals surface area contributed by atoms with Gasteiger partial charge < -0.3 is 5.32 Å². The Bertz CT molecular complexity index is 1010. The van der Waals surface area contributed by atoms with E-state index in [0.29, 0.717) is 19.4 Å². The first-order chi connectivity index (χ1) is 12.8. The average Bonchev–Trinajstić information content (AvgIpc) is 3.25. The normalized spacial score (nSPS) is 11.2. The third-order valence-corrected chi connectivity index (χ3v) is 5.28. The summed E-state index contributed by atoms with van der Waals surface area (Å²) in [7, 11) is 0. The van der Waals surface area contributed by atoms with Crippen LogP contribution in [-0.4, -0.2) is 32.0 Å². The molecule has 1 N–H and O–H groups in total. The number of rotatable bonds is 7. The summed E-state index contributed by atoms with van der Waals surface area (Å²) in [5.41, 5.74) is 1.86. The Balaban J connectivity index is 1.21. The van der Waals surface area contributed by atoms with Crippen LogP contribution in [0.5, 0.6) is 0 Å². The SMILES string of the molecule is O=C(CCCc1nc2ccccc2s1)NCCc1nnc2ccccn12. The van der Waals surface area contributed by atoms with Crippen LogP contribution < -0.4 is 5.32 Å². The lowest BCUT2D eigenvalue weighted by molar-refractivity contribution is -0.121. The minimum atomic E-state index is 0.0694. The molecule has 0 saturated heterocycles. The van der Waals surface area contributed by atoms with Gasteiger partial charge in [-0.3, -0.25) is 9.20 Å². The largest absolute Gasteiger partial charge is 0.356 e. The third kappa shape index (κ3) is 3.72. The van der Waals surface area contributed by atoms with E-state index in [-0.39, 0.29) is 5.91 Å². The zero-order valence-corrected chi connectivity index (χ0v) is 15.1. The van der Waals surface area contributed by atoms with E-state index in [1.165, 1.54) is 4.70 Å². The van der Waals surface area contributed by atoms with Gasteiger partial charge >= 0.3 is 0 Å². The standard InChI is InChI=1S/C19H19N5OS/c25-18(9-5-10-19-21-14-6-1-2-7-15(14)26-19)20-12-11-17-23-22-16-8-3-4-13-24(16)17/h1-4,6-8,13H,5,9-12H2,(H,20,25). The van der Waals surface area contributed by atoms with E-state index < -0.39 is 0 Å². The van der Waals surface area contributed by atoms with E-state index >= 15 is 0 Å². The number of aryl methyl sites for hydroxylation is 1. The minimum absolute atomic E-state index is 0.0694. The van der Waals surface area contributed by atoms with Crippen LogP contribution in [0, 0.1) is 0 Å². The van der Waals surface area contributed by atoms with Crippen molar-refractivity contribution in [2.75, 3.05) is 6.54 Å². The van der Waals surface area contributed by atoms with Crippen molar-refractivity contribution >= 4 is 33.1 Å². The fourth-order valence-corrected chi connectivity index (χ4v) is 3.90. The molecule has 4 aromatic rings. The molecule has 6 nitrogen and oxygen atoms in total. The Kier molecular flexibility index (Phi) is 4.88. The van der Waals surface area contributed by atoms with Crippen LogP contribution in [0.3, 0.4) is 0 Å². The highest BCUT2D eigenvalue weighted by atomic mass is 32.1. The molecule has 1 aromatic carbocycles. The topological polar surface area (TPSA) is 72.2 Å². The van der Waals surface area contributed by atoms with Crippen LogP contribution >= 0.6 is 11.3 Å². The van der Waals surface area contributed by atoms with E-state index in [4.69, 9.17) is 0 Å². The number of nitrogens with zero attached hydrogens (tertiary/aromatic N) is 4. The Labute approximate surface area is 154 Å². The van der Waals surface area contributed by atoms with Gasteiger partial charge in [0.2, 0.25) is 5.91 Å². The van der Waals surface area contributed by atoms with Gasteiger partial charge in [-0.05, 0) is 37.1 Å². The highest BCUT2D eigenvalue weighted by Gasteiger charge is 2.07. The second kappa shape index (κ2) is 7.61. The smallest absolute Gasteiger partial charge is 0.220 e. The Morgan fingerprint density at radius 1 is 1.08 bits per heavy atom. The highest BCUT2D eigenvalue weighted by molar-refractivity contribution is 7.18. The van der Waals surface area contributed by atoms with Gasteiger partial charge in [0.25, 0.3) is 0 Å². The maximum atomic E-state index is 12.0. The Morgan fingerprint density at radius 2 is 1.96 bits per heavy atom. The molecule has 0 radical (unpaired) electrons. The summed E-state index contributed by atoms with van der Waals surface area (Å²) >= 11 is 1.71. The number of carbonyl (C=O) groups excluding carboxylic acids is 1. The molecule has 0 saturated carbocycles. The Morgan fingerprint density at radius 3 is 2.88 bits per heavy atom. The lowest BCUT2D eigenvalue weighted by Gasteiger charge is -2.04. The summed E-state index contributed by atoms with van der Waals surface area (Å²) in [4.78, 5) is 16.6. The first-order valence-electron chi connectivity index (χ1n) is 8.69. The fourth-order valence-electron chi connectivity index (χ4n) is 2.89. The van der Waals surface area contributed by atoms with Crippen LogP contribution in [0.4, 0.5) is 0 Å². The van der Waals surface area contributed by atoms with E-state index in [9.17, 15) is 4.79 Å². The molecule has 132 valence electrons. The van der Waals surface area contributed by atoms with Crippen LogP contribution in [0.2, 0.25) is 0 Å². The molecule has 0 atom stereocenters. The first-order valence-corrected chi connectivity index (χ1v) is 9.51. The zero-order valence-electron chi connectivity index (χ0n) is 14.3. The number of hydrogen-bond acceptors (Lipinski definition) is 5. The van der Waals surface area contributed by atoms with Crippen molar-refractivity contribution in [2.24, 2.45) is 0 Å². The summed E-state index contributed by atoms with van der Waals surface area (Å²) in [6.45, 7) is 0.565. The van der Waals surface area contributed by atoms with Gasteiger partial charge in [-0.1, -0.05) is 18.2 Å². The lowest BCUT2D eigenvalue weighted by atomic mass is 10.2. The maximum Gasteiger partial charge on any atom is 0.220 e. The molecular formula is C19H19N5OS. The molecule has 3 heterocycles. The van der Waals surface area contributed by atoms with Crippen molar-refractivity contribution in [2.45, 2.75) is 25.7 Å². The van der Waals surface area contributed by atoms with E-state index in [1.807, 2.05) is 47.0 Å². The first kappa shape index (κ1) is 16.7. The molecule has 0 fully saturated rings. The van der Waals surface area contributed by atoms with Crippen molar-refractivity contribution in [3.05, 3.63) is 59.5 Å². The molecule has 0 spiro atoms. The van der Waals surface area contributed by atoms with Crippen molar-refractivity contribution < 1.29 is 4.79 Å². The fraction of sp³-hybridized carbons (Fsp3) is 0.263. The highest BCUT2D eigenvalue weighted by Crippen LogP contribution is 2.22.